The smallest absolute Gasteiger partial charge is 0.246 e. The van der Waals surface area contributed by atoms with E-state index >= 15 is 0 Å². The molecule has 5 nitrogen and oxygen atoms in total. The van der Waals surface area contributed by atoms with Crippen LogP contribution in [-0.2, 0) is 9.59 Å². The van der Waals surface area contributed by atoms with Gasteiger partial charge in [-0.1, -0.05) is 11.8 Å². The maximum Gasteiger partial charge on any atom is 0.246 e. The van der Waals surface area contributed by atoms with Gasteiger partial charge in [0.05, 0.1) is 13.1 Å². The maximum atomic E-state index is 11.9. The topological polar surface area (TPSA) is 52.7 Å². The van der Waals surface area contributed by atoms with E-state index in [-0.39, 0.29) is 17.9 Å². The zero-order valence-electron chi connectivity index (χ0n) is 11.4. The number of likely N-dealkylation sites (tertiary alicyclic amines) is 2. The summed E-state index contributed by atoms with van der Waals surface area (Å²) in [5, 5.41) is 2.67. The van der Waals surface area contributed by atoms with E-state index in [0.717, 1.165) is 19.6 Å². The molecule has 2 rings (SSSR count). The standard InChI is InChI=1S/C14H21N3O2/c1-12(18)15-13-6-11-17(14(13)19)10-5-4-9-16-7-2-3-8-16/h13H,2-3,6-11H2,1H3,(H,15,18). The van der Waals surface area contributed by atoms with E-state index in [1.807, 2.05) is 0 Å². The number of hydrogen-bond acceptors (Lipinski definition) is 3. The normalized spacial score (nSPS) is 23.3. The van der Waals surface area contributed by atoms with Gasteiger partial charge in [0, 0.05) is 13.5 Å². The summed E-state index contributed by atoms with van der Waals surface area (Å²) in [7, 11) is 0. The van der Waals surface area contributed by atoms with E-state index in [2.05, 4.69) is 22.1 Å². The molecule has 2 aliphatic rings. The third-order valence-corrected chi connectivity index (χ3v) is 3.57. The van der Waals surface area contributed by atoms with Gasteiger partial charge in [-0.05, 0) is 32.4 Å². The maximum absolute atomic E-state index is 11.9. The second-order valence-corrected chi connectivity index (χ2v) is 5.14. The average Bonchev–Trinajstić information content (AvgIpc) is 2.98. The minimum absolute atomic E-state index is 0.00864. The molecule has 19 heavy (non-hydrogen) atoms. The Morgan fingerprint density at radius 1 is 1.26 bits per heavy atom. The molecule has 2 heterocycles. The van der Waals surface area contributed by atoms with E-state index in [9.17, 15) is 9.59 Å². The zero-order chi connectivity index (χ0) is 13.7. The Bertz CT molecular complexity index is 405. The molecule has 2 amide bonds. The van der Waals surface area contributed by atoms with Gasteiger partial charge in [-0.2, -0.15) is 0 Å². The molecule has 0 aromatic heterocycles. The Kier molecular flexibility index (Phi) is 4.80. The molecule has 5 heteroatoms. The number of nitrogens with one attached hydrogen (secondary N) is 1. The molecule has 0 radical (unpaired) electrons. The zero-order valence-corrected chi connectivity index (χ0v) is 11.4. The van der Waals surface area contributed by atoms with Crippen molar-refractivity contribution in [2.45, 2.75) is 32.2 Å². The highest BCUT2D eigenvalue weighted by Gasteiger charge is 2.31. The lowest BCUT2D eigenvalue weighted by Gasteiger charge is -2.13. The van der Waals surface area contributed by atoms with Crippen LogP contribution in [0, 0.1) is 11.8 Å². The molecule has 2 fully saturated rings. The molecular formula is C14H21N3O2. The van der Waals surface area contributed by atoms with Crippen molar-refractivity contribution in [1.29, 1.82) is 0 Å². The molecule has 0 spiro atoms. The van der Waals surface area contributed by atoms with Gasteiger partial charge in [-0.25, -0.2) is 0 Å². The number of rotatable bonds is 3. The minimum Gasteiger partial charge on any atom is -0.344 e. The van der Waals surface area contributed by atoms with Crippen molar-refractivity contribution in [1.82, 2.24) is 15.1 Å². The minimum atomic E-state index is -0.349. The first-order valence-electron chi connectivity index (χ1n) is 6.91. The van der Waals surface area contributed by atoms with Crippen molar-refractivity contribution in [2.24, 2.45) is 0 Å². The van der Waals surface area contributed by atoms with E-state index in [1.54, 1.807) is 4.90 Å². The van der Waals surface area contributed by atoms with Gasteiger partial charge in [0.15, 0.2) is 0 Å². The summed E-state index contributed by atoms with van der Waals surface area (Å²) in [5.74, 6) is 6.02. The van der Waals surface area contributed by atoms with Crippen LogP contribution in [0.1, 0.15) is 26.2 Å². The van der Waals surface area contributed by atoms with Crippen molar-refractivity contribution in [3.63, 3.8) is 0 Å². The molecule has 0 aromatic rings. The highest BCUT2D eigenvalue weighted by molar-refractivity contribution is 5.88. The lowest BCUT2D eigenvalue weighted by molar-refractivity contribution is -0.131. The van der Waals surface area contributed by atoms with Gasteiger partial charge in [0.2, 0.25) is 11.8 Å². The molecule has 2 aliphatic heterocycles. The van der Waals surface area contributed by atoms with Gasteiger partial charge in [-0.3, -0.25) is 14.5 Å². The highest BCUT2D eigenvalue weighted by Crippen LogP contribution is 2.10. The summed E-state index contributed by atoms with van der Waals surface area (Å²) >= 11 is 0. The first-order valence-corrected chi connectivity index (χ1v) is 6.91. The Hall–Kier alpha value is -1.54. The fourth-order valence-corrected chi connectivity index (χ4v) is 2.54. The summed E-state index contributed by atoms with van der Waals surface area (Å²) in [4.78, 5) is 26.9. The van der Waals surface area contributed by atoms with Crippen LogP contribution in [0.15, 0.2) is 0 Å². The second kappa shape index (κ2) is 6.58. The molecule has 0 aromatic carbocycles. The van der Waals surface area contributed by atoms with E-state index in [1.165, 1.54) is 19.8 Å². The molecular weight excluding hydrogens is 242 g/mol. The van der Waals surface area contributed by atoms with Crippen LogP contribution in [0.2, 0.25) is 0 Å². The highest BCUT2D eigenvalue weighted by atomic mass is 16.2. The van der Waals surface area contributed by atoms with Crippen LogP contribution >= 0.6 is 0 Å². The summed E-state index contributed by atoms with van der Waals surface area (Å²) in [6.45, 7) is 5.68. The molecule has 0 saturated carbocycles. The molecule has 0 aliphatic carbocycles. The van der Waals surface area contributed by atoms with Crippen molar-refractivity contribution in [2.75, 3.05) is 32.7 Å². The Morgan fingerprint density at radius 3 is 2.63 bits per heavy atom. The van der Waals surface area contributed by atoms with E-state index < -0.39 is 0 Å². The number of carbonyl (C=O) groups is 2. The van der Waals surface area contributed by atoms with Gasteiger partial charge in [-0.15, -0.1) is 0 Å². The SMILES string of the molecule is CC(=O)NC1CCN(CC#CCN2CCCC2)C1=O. The Labute approximate surface area is 114 Å². The average molecular weight is 263 g/mol. The number of amides is 2. The molecule has 1 atom stereocenters. The van der Waals surface area contributed by atoms with Crippen LogP contribution in [0.5, 0.6) is 0 Å². The predicted molar refractivity (Wildman–Crippen MR) is 72.3 cm³/mol. The lowest BCUT2D eigenvalue weighted by atomic mass is 10.2. The summed E-state index contributed by atoms with van der Waals surface area (Å²) < 4.78 is 0. The number of nitrogens with zero attached hydrogens (tertiary/aromatic N) is 2. The van der Waals surface area contributed by atoms with Crippen molar-refractivity contribution in [3.8, 4) is 11.8 Å². The summed E-state index contributed by atoms with van der Waals surface area (Å²) in [5.41, 5.74) is 0. The van der Waals surface area contributed by atoms with E-state index in [4.69, 9.17) is 0 Å². The quantitative estimate of drug-likeness (QED) is 0.719. The van der Waals surface area contributed by atoms with E-state index in [0.29, 0.717) is 19.5 Å². The molecule has 1 unspecified atom stereocenters. The Morgan fingerprint density at radius 2 is 1.95 bits per heavy atom. The number of hydrogen-bond donors (Lipinski definition) is 1. The monoisotopic (exact) mass is 263 g/mol. The third kappa shape index (κ3) is 3.97. The second-order valence-electron chi connectivity index (χ2n) is 5.14. The Balaban J connectivity index is 1.73. The summed E-state index contributed by atoms with van der Waals surface area (Å²) in [6, 6.07) is -0.349. The van der Waals surface area contributed by atoms with Gasteiger partial charge in [0.1, 0.15) is 6.04 Å². The fourth-order valence-electron chi connectivity index (χ4n) is 2.54. The van der Waals surface area contributed by atoms with Crippen LogP contribution in [-0.4, -0.2) is 60.4 Å². The van der Waals surface area contributed by atoms with Crippen molar-refractivity contribution < 1.29 is 9.59 Å². The summed E-state index contributed by atoms with van der Waals surface area (Å²) in [6.07, 6.45) is 3.22. The van der Waals surface area contributed by atoms with Gasteiger partial charge in [0.25, 0.3) is 0 Å². The third-order valence-electron chi connectivity index (χ3n) is 3.57. The van der Waals surface area contributed by atoms with Gasteiger partial charge >= 0.3 is 0 Å². The first-order chi connectivity index (χ1) is 9.16. The number of carbonyl (C=O) groups excluding carboxylic acids is 2. The largest absolute Gasteiger partial charge is 0.344 e. The molecule has 104 valence electrons. The molecule has 0 bridgehead atoms. The van der Waals surface area contributed by atoms with Crippen LogP contribution in [0.4, 0.5) is 0 Å². The molecule has 2 saturated heterocycles. The van der Waals surface area contributed by atoms with Crippen molar-refractivity contribution >= 4 is 11.8 Å². The van der Waals surface area contributed by atoms with Crippen molar-refractivity contribution in [3.05, 3.63) is 0 Å². The predicted octanol–water partition coefficient (Wildman–Crippen LogP) is -0.177. The fraction of sp³-hybridized carbons (Fsp3) is 0.714. The van der Waals surface area contributed by atoms with Gasteiger partial charge < -0.3 is 10.2 Å². The molecule has 1 N–H and O–H groups in total. The first kappa shape index (κ1) is 13.9. The lowest BCUT2D eigenvalue weighted by Crippen LogP contribution is -2.40. The van der Waals surface area contributed by atoms with Crippen LogP contribution in [0.3, 0.4) is 0 Å². The van der Waals surface area contributed by atoms with Crippen LogP contribution in [0.25, 0.3) is 0 Å². The van der Waals surface area contributed by atoms with Crippen LogP contribution < -0.4 is 5.32 Å².